The van der Waals surface area contributed by atoms with Crippen molar-refractivity contribution in [2.45, 2.75) is 52.9 Å². The minimum absolute atomic E-state index is 0.705. The van der Waals surface area contributed by atoms with Crippen molar-refractivity contribution in [3.05, 3.63) is 34.9 Å². The van der Waals surface area contributed by atoms with Gasteiger partial charge < -0.3 is 0 Å². The van der Waals surface area contributed by atoms with Crippen molar-refractivity contribution >= 4 is 0 Å². The molecule has 1 aromatic rings. The van der Waals surface area contributed by atoms with Gasteiger partial charge in [-0.05, 0) is 41.9 Å². The number of hydrogen-bond donors (Lipinski definition) is 0. The van der Waals surface area contributed by atoms with Crippen LogP contribution < -0.4 is 0 Å². The smallest absolute Gasteiger partial charge is 0.0190 e. The Kier molecular flexibility index (Phi) is 4.19. The molecule has 0 aliphatic heterocycles. The quantitative estimate of drug-likeness (QED) is 0.663. The Morgan fingerprint density at radius 1 is 1.07 bits per heavy atom. The summed E-state index contributed by atoms with van der Waals surface area (Å²) in [4.78, 5) is 0. The molecule has 0 aromatic heterocycles. The first-order chi connectivity index (χ1) is 6.74. The van der Waals surface area contributed by atoms with Gasteiger partial charge in [0.25, 0.3) is 0 Å². The molecule has 1 rings (SSSR count). The zero-order valence-electron chi connectivity index (χ0n) is 9.93. The van der Waals surface area contributed by atoms with Crippen molar-refractivity contribution in [2.24, 2.45) is 0 Å². The van der Waals surface area contributed by atoms with E-state index >= 15 is 0 Å². The first-order valence-corrected chi connectivity index (χ1v) is 5.85. The Bertz CT molecular complexity index is 286. The predicted octanol–water partition coefficient (Wildman–Crippen LogP) is 4.32. The van der Waals surface area contributed by atoms with Crippen LogP contribution in [0.25, 0.3) is 0 Å². The summed E-state index contributed by atoms with van der Waals surface area (Å²) in [6, 6.07) is 6.77. The molecule has 0 aliphatic rings. The maximum atomic E-state index is 2.33. The second-order valence-electron chi connectivity index (χ2n) is 4.00. The number of aryl methyl sites for hydroxylation is 1. The van der Waals surface area contributed by atoms with Crippen LogP contribution in [-0.4, -0.2) is 0 Å². The Labute approximate surface area is 88.4 Å². The maximum Gasteiger partial charge on any atom is -0.0190 e. The molecule has 1 aromatic carbocycles. The van der Waals surface area contributed by atoms with Gasteiger partial charge in [0.15, 0.2) is 0 Å². The topological polar surface area (TPSA) is 0 Å². The molecular weight excluding hydrogens is 168 g/mol. The molecule has 0 heteroatoms. The third-order valence-electron chi connectivity index (χ3n) is 3.19. The molecule has 0 nitrogen and oxygen atoms in total. The Morgan fingerprint density at radius 2 is 1.79 bits per heavy atom. The SMILES string of the molecule is CCc1cccc(C(C)CC)c1CC. The lowest BCUT2D eigenvalue weighted by atomic mass is 9.89. The van der Waals surface area contributed by atoms with Crippen LogP contribution >= 0.6 is 0 Å². The highest BCUT2D eigenvalue weighted by Crippen LogP contribution is 2.25. The summed E-state index contributed by atoms with van der Waals surface area (Å²) in [5.74, 6) is 0.705. The molecule has 14 heavy (non-hydrogen) atoms. The molecule has 0 heterocycles. The van der Waals surface area contributed by atoms with Gasteiger partial charge in [0.1, 0.15) is 0 Å². The highest BCUT2D eigenvalue weighted by atomic mass is 14.1. The number of rotatable bonds is 4. The Balaban J connectivity index is 3.14. The average molecular weight is 190 g/mol. The fourth-order valence-electron chi connectivity index (χ4n) is 2.10. The molecule has 0 aliphatic carbocycles. The third kappa shape index (κ3) is 2.17. The Morgan fingerprint density at radius 3 is 2.29 bits per heavy atom. The Hall–Kier alpha value is -0.780. The first kappa shape index (κ1) is 11.3. The van der Waals surface area contributed by atoms with E-state index in [1.807, 2.05) is 0 Å². The molecule has 0 bridgehead atoms. The minimum atomic E-state index is 0.705. The minimum Gasteiger partial charge on any atom is -0.0648 e. The summed E-state index contributed by atoms with van der Waals surface area (Å²) < 4.78 is 0. The molecular formula is C14H22. The number of benzene rings is 1. The second-order valence-corrected chi connectivity index (χ2v) is 4.00. The van der Waals surface area contributed by atoms with Gasteiger partial charge in [0.2, 0.25) is 0 Å². The molecule has 0 saturated carbocycles. The fraction of sp³-hybridized carbons (Fsp3) is 0.571. The molecule has 0 spiro atoms. The monoisotopic (exact) mass is 190 g/mol. The normalized spacial score (nSPS) is 12.9. The van der Waals surface area contributed by atoms with Crippen LogP contribution in [0.2, 0.25) is 0 Å². The van der Waals surface area contributed by atoms with E-state index in [1.165, 1.54) is 18.4 Å². The molecule has 0 fully saturated rings. The van der Waals surface area contributed by atoms with Gasteiger partial charge >= 0.3 is 0 Å². The van der Waals surface area contributed by atoms with E-state index < -0.39 is 0 Å². The number of hydrogen-bond acceptors (Lipinski definition) is 0. The van der Waals surface area contributed by atoms with Crippen molar-refractivity contribution in [1.82, 2.24) is 0 Å². The van der Waals surface area contributed by atoms with Crippen molar-refractivity contribution in [1.29, 1.82) is 0 Å². The van der Waals surface area contributed by atoms with Gasteiger partial charge in [0.05, 0.1) is 0 Å². The largest absolute Gasteiger partial charge is 0.0648 e. The molecule has 0 radical (unpaired) electrons. The van der Waals surface area contributed by atoms with Gasteiger partial charge in [-0.25, -0.2) is 0 Å². The van der Waals surface area contributed by atoms with E-state index in [0.29, 0.717) is 5.92 Å². The third-order valence-corrected chi connectivity index (χ3v) is 3.19. The van der Waals surface area contributed by atoms with Crippen molar-refractivity contribution in [3.63, 3.8) is 0 Å². The molecule has 1 atom stereocenters. The lowest BCUT2D eigenvalue weighted by Crippen LogP contribution is -2.01. The molecule has 0 amide bonds. The van der Waals surface area contributed by atoms with Crippen LogP contribution in [0.3, 0.4) is 0 Å². The summed E-state index contributed by atoms with van der Waals surface area (Å²) >= 11 is 0. The van der Waals surface area contributed by atoms with Gasteiger partial charge in [-0.2, -0.15) is 0 Å². The van der Waals surface area contributed by atoms with E-state index in [0.717, 1.165) is 6.42 Å². The average Bonchev–Trinajstić information content (AvgIpc) is 2.26. The van der Waals surface area contributed by atoms with Crippen molar-refractivity contribution in [2.75, 3.05) is 0 Å². The molecule has 1 unspecified atom stereocenters. The van der Waals surface area contributed by atoms with Gasteiger partial charge in [0, 0.05) is 0 Å². The van der Waals surface area contributed by atoms with E-state index in [-0.39, 0.29) is 0 Å². The first-order valence-electron chi connectivity index (χ1n) is 5.85. The van der Waals surface area contributed by atoms with E-state index in [2.05, 4.69) is 45.9 Å². The van der Waals surface area contributed by atoms with E-state index in [1.54, 1.807) is 11.1 Å². The molecule has 78 valence electrons. The van der Waals surface area contributed by atoms with Gasteiger partial charge in [-0.15, -0.1) is 0 Å². The summed E-state index contributed by atoms with van der Waals surface area (Å²) in [6.07, 6.45) is 3.57. The van der Waals surface area contributed by atoms with Crippen LogP contribution in [0.5, 0.6) is 0 Å². The summed E-state index contributed by atoms with van der Waals surface area (Å²) in [7, 11) is 0. The van der Waals surface area contributed by atoms with Crippen LogP contribution in [0.15, 0.2) is 18.2 Å². The van der Waals surface area contributed by atoms with Gasteiger partial charge in [-0.3, -0.25) is 0 Å². The highest BCUT2D eigenvalue weighted by Gasteiger charge is 2.09. The zero-order chi connectivity index (χ0) is 10.6. The second kappa shape index (κ2) is 5.19. The standard InChI is InChI=1S/C14H22/c1-5-11(4)14-10-8-9-12(6-2)13(14)7-3/h8-11H,5-7H2,1-4H3. The summed E-state index contributed by atoms with van der Waals surface area (Å²) in [5.41, 5.74) is 4.68. The fourth-order valence-corrected chi connectivity index (χ4v) is 2.10. The van der Waals surface area contributed by atoms with Crippen LogP contribution in [0.4, 0.5) is 0 Å². The van der Waals surface area contributed by atoms with Crippen LogP contribution in [0, 0.1) is 0 Å². The van der Waals surface area contributed by atoms with Crippen molar-refractivity contribution < 1.29 is 0 Å². The van der Waals surface area contributed by atoms with E-state index in [4.69, 9.17) is 0 Å². The molecule has 0 N–H and O–H groups in total. The summed E-state index contributed by atoms with van der Waals surface area (Å²) in [5, 5.41) is 0. The predicted molar refractivity (Wildman–Crippen MR) is 63.9 cm³/mol. The van der Waals surface area contributed by atoms with Crippen LogP contribution in [0.1, 0.15) is 56.7 Å². The highest BCUT2D eigenvalue weighted by molar-refractivity contribution is 5.37. The zero-order valence-corrected chi connectivity index (χ0v) is 9.93. The lowest BCUT2D eigenvalue weighted by Gasteiger charge is -2.17. The van der Waals surface area contributed by atoms with Gasteiger partial charge in [-0.1, -0.05) is 45.9 Å². The maximum absolute atomic E-state index is 2.33. The van der Waals surface area contributed by atoms with Crippen molar-refractivity contribution in [3.8, 4) is 0 Å². The van der Waals surface area contributed by atoms with E-state index in [9.17, 15) is 0 Å². The lowest BCUT2D eigenvalue weighted by molar-refractivity contribution is 0.720. The summed E-state index contributed by atoms with van der Waals surface area (Å²) in [6.45, 7) is 9.10. The van der Waals surface area contributed by atoms with Crippen LogP contribution in [-0.2, 0) is 12.8 Å². The molecule has 0 saturated heterocycles.